The summed E-state index contributed by atoms with van der Waals surface area (Å²) in [7, 11) is 0. The van der Waals surface area contributed by atoms with Crippen molar-refractivity contribution in [2.24, 2.45) is 5.92 Å². The summed E-state index contributed by atoms with van der Waals surface area (Å²) in [5.41, 5.74) is 0.500. The molecule has 28 heavy (non-hydrogen) atoms. The van der Waals surface area contributed by atoms with Gasteiger partial charge in [-0.1, -0.05) is 0 Å². The highest BCUT2D eigenvalue weighted by atomic mass is 32.1. The fourth-order valence-electron chi connectivity index (χ4n) is 2.50. The van der Waals surface area contributed by atoms with E-state index in [1.165, 1.54) is 11.3 Å². The van der Waals surface area contributed by atoms with Crippen molar-refractivity contribution in [1.82, 2.24) is 0 Å². The van der Waals surface area contributed by atoms with Crippen molar-refractivity contribution in [3.8, 4) is 0 Å². The van der Waals surface area contributed by atoms with E-state index in [0.717, 1.165) is 35.9 Å². The molecule has 1 saturated carbocycles. The molecule has 0 unspecified atom stereocenters. The van der Waals surface area contributed by atoms with Gasteiger partial charge >= 0.3 is 5.97 Å². The fourth-order valence-corrected chi connectivity index (χ4v) is 3.55. The minimum atomic E-state index is -0.814. The Morgan fingerprint density at radius 2 is 1.89 bits per heavy atom. The summed E-state index contributed by atoms with van der Waals surface area (Å²) >= 11 is 1.26. The van der Waals surface area contributed by atoms with Crippen LogP contribution in [0, 0.1) is 31.4 Å². The zero-order valence-electron chi connectivity index (χ0n) is 15.2. The summed E-state index contributed by atoms with van der Waals surface area (Å²) in [5.74, 6) is -3.29. The molecule has 2 N–H and O–H groups in total. The van der Waals surface area contributed by atoms with Gasteiger partial charge in [0, 0.05) is 16.9 Å². The average Bonchev–Trinajstić information content (AvgIpc) is 3.44. The molecular weight excluding hydrogens is 390 g/mol. The quantitative estimate of drug-likeness (QED) is 0.713. The number of amides is 2. The summed E-state index contributed by atoms with van der Waals surface area (Å²) in [4.78, 5) is 37.2. The molecule has 0 saturated heterocycles. The van der Waals surface area contributed by atoms with Gasteiger partial charge in [-0.2, -0.15) is 0 Å². The van der Waals surface area contributed by atoms with Crippen LogP contribution in [0.4, 0.5) is 19.5 Å². The minimum Gasteiger partial charge on any atom is -0.452 e. The van der Waals surface area contributed by atoms with Crippen molar-refractivity contribution in [2.45, 2.75) is 26.7 Å². The summed E-state index contributed by atoms with van der Waals surface area (Å²) < 4.78 is 31.7. The van der Waals surface area contributed by atoms with Gasteiger partial charge in [-0.25, -0.2) is 13.6 Å². The van der Waals surface area contributed by atoms with Gasteiger partial charge in [0.25, 0.3) is 5.91 Å². The Bertz CT molecular complexity index is 954. The number of hydrogen-bond donors (Lipinski definition) is 2. The second-order valence-electron chi connectivity index (χ2n) is 6.50. The lowest BCUT2D eigenvalue weighted by Gasteiger charge is -2.09. The first kappa shape index (κ1) is 19.9. The molecule has 1 aromatic carbocycles. The fraction of sp³-hybridized carbons (Fsp3) is 0.316. The Morgan fingerprint density at radius 1 is 1.18 bits per heavy atom. The largest absolute Gasteiger partial charge is 0.452 e. The van der Waals surface area contributed by atoms with Crippen molar-refractivity contribution < 1.29 is 27.9 Å². The molecule has 1 aromatic heterocycles. The predicted octanol–water partition coefficient (Wildman–Crippen LogP) is 3.79. The van der Waals surface area contributed by atoms with Crippen molar-refractivity contribution in [3.05, 3.63) is 45.8 Å². The van der Waals surface area contributed by atoms with Gasteiger partial charge in [0.2, 0.25) is 5.91 Å². The topological polar surface area (TPSA) is 84.5 Å². The average molecular weight is 408 g/mol. The summed E-state index contributed by atoms with van der Waals surface area (Å²) in [6.07, 6.45) is 1.65. The van der Waals surface area contributed by atoms with E-state index in [1.807, 2.05) is 6.92 Å². The number of nitrogens with one attached hydrogen (secondary N) is 2. The normalized spacial score (nSPS) is 13.1. The Balaban J connectivity index is 1.65. The Hall–Kier alpha value is -2.81. The monoisotopic (exact) mass is 408 g/mol. The van der Waals surface area contributed by atoms with E-state index < -0.39 is 30.1 Å². The van der Waals surface area contributed by atoms with E-state index in [4.69, 9.17) is 4.74 Å². The highest BCUT2D eigenvalue weighted by molar-refractivity contribution is 7.16. The molecule has 1 heterocycles. The number of hydrogen-bond acceptors (Lipinski definition) is 5. The van der Waals surface area contributed by atoms with Crippen LogP contribution in [0.5, 0.6) is 0 Å². The van der Waals surface area contributed by atoms with Crippen molar-refractivity contribution in [3.63, 3.8) is 0 Å². The van der Waals surface area contributed by atoms with Crippen molar-refractivity contribution >= 4 is 39.8 Å². The molecule has 9 heteroatoms. The van der Waals surface area contributed by atoms with Crippen LogP contribution < -0.4 is 10.6 Å². The zero-order valence-corrected chi connectivity index (χ0v) is 16.0. The maximum atomic E-state index is 13.6. The molecule has 2 amide bonds. The van der Waals surface area contributed by atoms with Crippen LogP contribution in [0.3, 0.4) is 0 Å². The molecule has 0 spiro atoms. The van der Waals surface area contributed by atoms with Crippen molar-refractivity contribution in [2.75, 3.05) is 17.2 Å². The number of rotatable bonds is 6. The second kappa shape index (κ2) is 8.05. The van der Waals surface area contributed by atoms with E-state index in [1.54, 1.807) is 6.92 Å². The molecule has 148 valence electrons. The highest BCUT2D eigenvalue weighted by Crippen LogP contribution is 2.36. The number of carbonyl (C=O) groups excluding carboxylic acids is 3. The van der Waals surface area contributed by atoms with E-state index in [0.29, 0.717) is 10.6 Å². The Morgan fingerprint density at radius 3 is 2.57 bits per heavy atom. The Labute approximate surface area is 163 Å². The molecule has 1 aliphatic rings. The van der Waals surface area contributed by atoms with E-state index in [2.05, 4.69) is 10.6 Å². The summed E-state index contributed by atoms with van der Waals surface area (Å²) in [6, 6.07) is 2.63. The molecule has 0 bridgehead atoms. The molecular formula is C19H18F2N2O4S. The zero-order chi connectivity index (χ0) is 20.4. The number of halogens is 2. The van der Waals surface area contributed by atoms with Gasteiger partial charge < -0.3 is 15.4 Å². The lowest BCUT2D eigenvalue weighted by molar-refractivity contribution is -0.119. The molecule has 1 fully saturated rings. The number of anilines is 2. The Kier molecular flexibility index (Phi) is 5.73. The van der Waals surface area contributed by atoms with Crippen LogP contribution >= 0.6 is 11.3 Å². The number of benzene rings is 1. The van der Waals surface area contributed by atoms with Gasteiger partial charge in [-0.3, -0.25) is 9.59 Å². The van der Waals surface area contributed by atoms with Gasteiger partial charge in [0.05, 0.1) is 11.3 Å². The van der Waals surface area contributed by atoms with Gasteiger partial charge in [0.15, 0.2) is 6.61 Å². The first-order chi connectivity index (χ1) is 13.3. The third-order valence-electron chi connectivity index (χ3n) is 4.31. The highest BCUT2D eigenvalue weighted by Gasteiger charge is 2.31. The number of ether oxygens (including phenoxy) is 1. The minimum absolute atomic E-state index is 0.0291. The summed E-state index contributed by atoms with van der Waals surface area (Å²) in [5, 5.41) is 5.28. The number of aryl methyl sites for hydroxylation is 1. The van der Waals surface area contributed by atoms with Crippen LogP contribution in [0.1, 0.15) is 33.6 Å². The van der Waals surface area contributed by atoms with E-state index >= 15 is 0 Å². The maximum Gasteiger partial charge on any atom is 0.341 e. The van der Waals surface area contributed by atoms with Crippen LogP contribution in [-0.4, -0.2) is 24.4 Å². The standard InChI is InChI=1S/C19H18F2N2O4S/c1-9-10(2)28-18(23-17(25)11-3-4-11)16(9)19(26)27-8-15(24)22-14-7-12(20)5-6-13(14)21/h5-7,11H,3-4,8H2,1-2H3,(H,22,24)(H,23,25). The molecule has 2 aromatic rings. The first-order valence-electron chi connectivity index (χ1n) is 8.59. The summed E-state index contributed by atoms with van der Waals surface area (Å²) in [6.45, 7) is 2.85. The van der Waals surface area contributed by atoms with Crippen LogP contribution in [0.15, 0.2) is 18.2 Å². The van der Waals surface area contributed by atoms with E-state index in [9.17, 15) is 23.2 Å². The van der Waals surface area contributed by atoms with Crippen LogP contribution in [0.2, 0.25) is 0 Å². The van der Waals surface area contributed by atoms with Crippen LogP contribution in [-0.2, 0) is 14.3 Å². The molecule has 0 atom stereocenters. The first-order valence-corrected chi connectivity index (χ1v) is 9.40. The number of thiophene rings is 1. The third-order valence-corrected chi connectivity index (χ3v) is 5.43. The smallest absolute Gasteiger partial charge is 0.341 e. The van der Waals surface area contributed by atoms with E-state index in [-0.39, 0.29) is 23.1 Å². The second-order valence-corrected chi connectivity index (χ2v) is 7.72. The van der Waals surface area contributed by atoms with Crippen LogP contribution in [0.25, 0.3) is 0 Å². The molecule has 0 radical (unpaired) electrons. The lowest BCUT2D eigenvalue weighted by atomic mass is 10.1. The number of esters is 1. The van der Waals surface area contributed by atoms with Gasteiger partial charge in [-0.15, -0.1) is 11.3 Å². The van der Waals surface area contributed by atoms with Gasteiger partial charge in [-0.05, 0) is 44.4 Å². The van der Waals surface area contributed by atoms with Gasteiger partial charge in [0.1, 0.15) is 16.6 Å². The third kappa shape index (κ3) is 4.53. The SMILES string of the molecule is Cc1sc(NC(=O)C2CC2)c(C(=O)OCC(=O)Nc2cc(F)ccc2F)c1C. The lowest BCUT2D eigenvalue weighted by Crippen LogP contribution is -2.22. The molecule has 6 nitrogen and oxygen atoms in total. The maximum absolute atomic E-state index is 13.6. The molecule has 1 aliphatic carbocycles. The molecule has 3 rings (SSSR count). The number of carbonyl (C=O) groups is 3. The van der Waals surface area contributed by atoms with Crippen molar-refractivity contribution in [1.29, 1.82) is 0 Å². The predicted molar refractivity (Wildman–Crippen MR) is 100 cm³/mol. The molecule has 0 aliphatic heterocycles.